The summed E-state index contributed by atoms with van der Waals surface area (Å²) in [5.41, 5.74) is 0. The third-order valence-electron chi connectivity index (χ3n) is 1.69. The van der Waals surface area contributed by atoms with Gasteiger partial charge in [-0.25, -0.2) is 9.78 Å². The second-order valence-corrected chi connectivity index (χ2v) is 3.73. The van der Waals surface area contributed by atoms with Crippen LogP contribution in [0.2, 0.25) is 0 Å². The van der Waals surface area contributed by atoms with Crippen molar-refractivity contribution in [2.45, 2.75) is 6.92 Å². The monoisotopic (exact) mass is 235 g/mol. The number of hydrogen-bond donors (Lipinski definition) is 1. The van der Waals surface area contributed by atoms with Crippen molar-refractivity contribution >= 4 is 22.8 Å². The number of hydrogen-bond acceptors (Lipinski definition) is 5. The molecule has 0 atom stereocenters. The van der Waals surface area contributed by atoms with E-state index in [1.54, 1.807) is 31.2 Å². The summed E-state index contributed by atoms with van der Waals surface area (Å²) in [5.74, 6) is 1.11. The number of benzene rings is 1. The standard InChI is InChI=1S/C10H9N3O2S/c1-7-11-9(16-13-7)12-10(14)15-8-5-3-2-4-6-8/h2-6H,1H3,(H,11,12,13,14). The highest BCUT2D eigenvalue weighted by Crippen LogP contribution is 2.12. The van der Waals surface area contributed by atoms with E-state index >= 15 is 0 Å². The highest BCUT2D eigenvalue weighted by Gasteiger charge is 2.07. The lowest BCUT2D eigenvalue weighted by Crippen LogP contribution is -2.16. The minimum Gasteiger partial charge on any atom is -0.410 e. The molecular weight excluding hydrogens is 226 g/mol. The average molecular weight is 235 g/mol. The van der Waals surface area contributed by atoms with Crippen LogP contribution in [-0.4, -0.2) is 15.5 Å². The van der Waals surface area contributed by atoms with Crippen LogP contribution in [0.25, 0.3) is 0 Å². The lowest BCUT2D eigenvalue weighted by molar-refractivity contribution is 0.215. The van der Waals surface area contributed by atoms with Crippen molar-refractivity contribution in [3.63, 3.8) is 0 Å². The number of aryl methyl sites for hydroxylation is 1. The van der Waals surface area contributed by atoms with Gasteiger partial charge in [-0.1, -0.05) is 18.2 Å². The molecule has 6 heteroatoms. The van der Waals surface area contributed by atoms with E-state index in [9.17, 15) is 4.79 Å². The van der Waals surface area contributed by atoms with Crippen molar-refractivity contribution in [1.29, 1.82) is 0 Å². The first-order chi connectivity index (χ1) is 7.74. The zero-order valence-corrected chi connectivity index (χ0v) is 9.32. The van der Waals surface area contributed by atoms with Gasteiger partial charge in [-0.15, -0.1) is 0 Å². The molecule has 0 aliphatic carbocycles. The zero-order valence-electron chi connectivity index (χ0n) is 8.51. The molecule has 0 radical (unpaired) electrons. The summed E-state index contributed by atoms with van der Waals surface area (Å²) < 4.78 is 8.95. The maximum absolute atomic E-state index is 11.4. The summed E-state index contributed by atoms with van der Waals surface area (Å²) in [7, 11) is 0. The molecule has 1 aromatic heterocycles. The molecule has 1 N–H and O–H groups in total. The van der Waals surface area contributed by atoms with Crippen molar-refractivity contribution in [3.05, 3.63) is 36.2 Å². The van der Waals surface area contributed by atoms with Crippen molar-refractivity contribution in [2.75, 3.05) is 5.32 Å². The maximum Gasteiger partial charge on any atom is 0.418 e. The molecule has 0 fully saturated rings. The molecule has 0 saturated heterocycles. The van der Waals surface area contributed by atoms with Crippen LogP contribution in [0.3, 0.4) is 0 Å². The summed E-state index contributed by atoms with van der Waals surface area (Å²) in [5, 5.41) is 2.92. The van der Waals surface area contributed by atoms with Crippen LogP contribution >= 0.6 is 11.5 Å². The maximum atomic E-state index is 11.4. The van der Waals surface area contributed by atoms with Gasteiger partial charge in [-0.2, -0.15) is 4.37 Å². The van der Waals surface area contributed by atoms with Gasteiger partial charge >= 0.3 is 6.09 Å². The number of amides is 1. The molecule has 0 aliphatic heterocycles. The molecule has 1 heterocycles. The molecule has 2 aromatic rings. The Morgan fingerprint density at radius 1 is 1.38 bits per heavy atom. The highest BCUT2D eigenvalue weighted by molar-refractivity contribution is 7.09. The molecular formula is C10H9N3O2S. The number of anilines is 1. The van der Waals surface area contributed by atoms with Crippen LogP contribution in [0, 0.1) is 6.92 Å². The number of carbonyl (C=O) groups excluding carboxylic acids is 1. The van der Waals surface area contributed by atoms with Crippen LogP contribution in [0.5, 0.6) is 5.75 Å². The Labute approximate surface area is 96.3 Å². The fourth-order valence-corrected chi connectivity index (χ4v) is 1.62. The van der Waals surface area contributed by atoms with E-state index in [1.807, 2.05) is 6.07 Å². The number of nitrogens with one attached hydrogen (secondary N) is 1. The van der Waals surface area contributed by atoms with E-state index in [-0.39, 0.29) is 0 Å². The van der Waals surface area contributed by atoms with Gasteiger partial charge < -0.3 is 4.74 Å². The Morgan fingerprint density at radius 2 is 2.12 bits per heavy atom. The van der Waals surface area contributed by atoms with Crippen molar-refractivity contribution in [2.24, 2.45) is 0 Å². The van der Waals surface area contributed by atoms with Gasteiger partial charge in [0.25, 0.3) is 0 Å². The minimum atomic E-state index is -0.567. The van der Waals surface area contributed by atoms with E-state index in [4.69, 9.17) is 4.74 Å². The van der Waals surface area contributed by atoms with Crippen LogP contribution in [0.15, 0.2) is 30.3 Å². The van der Waals surface area contributed by atoms with E-state index in [0.29, 0.717) is 16.7 Å². The SMILES string of the molecule is Cc1nsc(NC(=O)Oc2ccccc2)n1. The molecule has 82 valence electrons. The van der Waals surface area contributed by atoms with E-state index in [1.165, 1.54) is 0 Å². The van der Waals surface area contributed by atoms with E-state index in [2.05, 4.69) is 14.7 Å². The van der Waals surface area contributed by atoms with Crippen molar-refractivity contribution in [1.82, 2.24) is 9.36 Å². The second-order valence-electron chi connectivity index (χ2n) is 2.97. The first-order valence-corrected chi connectivity index (χ1v) is 5.35. The van der Waals surface area contributed by atoms with E-state index < -0.39 is 6.09 Å². The summed E-state index contributed by atoms with van der Waals surface area (Å²) in [6, 6.07) is 8.82. The number of nitrogens with zero attached hydrogens (tertiary/aromatic N) is 2. The fourth-order valence-electron chi connectivity index (χ4n) is 1.06. The Kier molecular flexibility index (Phi) is 3.11. The highest BCUT2D eigenvalue weighted by atomic mass is 32.1. The summed E-state index contributed by atoms with van der Waals surface area (Å²) in [4.78, 5) is 15.4. The van der Waals surface area contributed by atoms with Gasteiger partial charge in [0.05, 0.1) is 0 Å². The predicted octanol–water partition coefficient (Wildman–Crippen LogP) is 2.46. The third kappa shape index (κ3) is 2.77. The lowest BCUT2D eigenvalue weighted by Gasteiger charge is -2.02. The molecule has 16 heavy (non-hydrogen) atoms. The minimum absolute atomic E-state index is 0.429. The largest absolute Gasteiger partial charge is 0.418 e. The van der Waals surface area contributed by atoms with Gasteiger partial charge in [0.2, 0.25) is 5.13 Å². The number of rotatable bonds is 2. The molecule has 0 bridgehead atoms. The van der Waals surface area contributed by atoms with E-state index in [0.717, 1.165) is 11.5 Å². The number of para-hydroxylation sites is 1. The normalized spacial score (nSPS) is 9.81. The second kappa shape index (κ2) is 4.71. The van der Waals surface area contributed by atoms with Crippen molar-refractivity contribution in [3.8, 4) is 5.75 Å². The predicted molar refractivity (Wildman–Crippen MR) is 60.7 cm³/mol. The Morgan fingerprint density at radius 3 is 2.75 bits per heavy atom. The fraction of sp³-hybridized carbons (Fsp3) is 0.100. The summed E-state index contributed by atoms with van der Waals surface area (Å²) in [6.45, 7) is 1.75. The first-order valence-electron chi connectivity index (χ1n) is 4.58. The molecule has 0 spiro atoms. The van der Waals surface area contributed by atoms with Gasteiger partial charge in [0.15, 0.2) is 0 Å². The number of aromatic nitrogens is 2. The zero-order chi connectivity index (χ0) is 11.4. The van der Waals surface area contributed by atoms with Crippen LogP contribution in [0.4, 0.5) is 9.93 Å². The first kappa shape index (κ1) is 10.6. The van der Waals surface area contributed by atoms with Crippen LogP contribution in [-0.2, 0) is 0 Å². The molecule has 0 saturated carbocycles. The van der Waals surface area contributed by atoms with Crippen molar-refractivity contribution < 1.29 is 9.53 Å². The molecule has 2 rings (SSSR count). The Hall–Kier alpha value is -1.95. The number of carbonyl (C=O) groups is 1. The smallest absolute Gasteiger partial charge is 0.410 e. The molecule has 1 amide bonds. The Bertz CT molecular complexity index is 484. The molecule has 0 unspecified atom stereocenters. The molecule has 1 aromatic carbocycles. The van der Waals surface area contributed by atoms with Gasteiger partial charge in [-0.3, -0.25) is 5.32 Å². The van der Waals surface area contributed by atoms with Crippen LogP contribution < -0.4 is 10.1 Å². The van der Waals surface area contributed by atoms with Gasteiger partial charge in [-0.05, 0) is 19.1 Å². The average Bonchev–Trinajstić information content (AvgIpc) is 2.65. The number of ether oxygens (including phenoxy) is 1. The summed E-state index contributed by atoms with van der Waals surface area (Å²) >= 11 is 1.12. The topological polar surface area (TPSA) is 64.1 Å². The van der Waals surface area contributed by atoms with Gasteiger partial charge in [0.1, 0.15) is 11.6 Å². The quantitative estimate of drug-likeness (QED) is 0.868. The third-order valence-corrected chi connectivity index (χ3v) is 2.41. The lowest BCUT2D eigenvalue weighted by atomic mass is 10.3. The Balaban J connectivity index is 1.95. The van der Waals surface area contributed by atoms with Gasteiger partial charge in [0, 0.05) is 11.5 Å². The summed E-state index contributed by atoms with van der Waals surface area (Å²) in [6.07, 6.45) is -0.567. The molecule has 0 aliphatic rings. The molecule has 5 nitrogen and oxygen atoms in total. The van der Waals surface area contributed by atoms with Crippen LogP contribution in [0.1, 0.15) is 5.82 Å².